The number of hydrogen-bond donors (Lipinski definition) is 0. The third kappa shape index (κ3) is 6.05. The minimum atomic E-state index is 0.491. The van der Waals surface area contributed by atoms with Crippen LogP contribution in [0.25, 0.3) is 11.1 Å². The molecule has 0 amide bonds. The van der Waals surface area contributed by atoms with Crippen molar-refractivity contribution >= 4 is 0 Å². The van der Waals surface area contributed by atoms with Gasteiger partial charge in [0.15, 0.2) is 0 Å². The molecule has 3 rings (SSSR count). The standard InChI is InChI=1S/C26H35N3O/c1-3-5-7-8-20-9-11-21(12-10-20)26-28-18-24(19-29-26)22-13-14-25(23(16-22)17-27)30-15-6-4-2/h13-14,16,18-21H,3-12,15H2,1-2H3/t20-,21-. The predicted octanol–water partition coefficient (Wildman–Crippen LogP) is 7.05. The van der Waals surface area contributed by atoms with Crippen LogP contribution in [0.5, 0.6) is 5.75 Å². The van der Waals surface area contributed by atoms with Crippen molar-refractivity contribution in [2.24, 2.45) is 5.92 Å². The van der Waals surface area contributed by atoms with Crippen molar-refractivity contribution in [2.75, 3.05) is 6.61 Å². The number of unbranched alkanes of at least 4 members (excludes halogenated alkanes) is 3. The van der Waals surface area contributed by atoms with Gasteiger partial charge in [0.25, 0.3) is 0 Å². The van der Waals surface area contributed by atoms with Crippen LogP contribution < -0.4 is 4.74 Å². The summed E-state index contributed by atoms with van der Waals surface area (Å²) in [6, 6.07) is 8.00. The Morgan fingerprint density at radius 2 is 1.70 bits per heavy atom. The average molecular weight is 406 g/mol. The quantitative estimate of drug-likeness (QED) is 0.397. The van der Waals surface area contributed by atoms with Gasteiger partial charge in [-0.15, -0.1) is 0 Å². The monoisotopic (exact) mass is 405 g/mol. The molecule has 1 aromatic heterocycles. The van der Waals surface area contributed by atoms with Crippen molar-refractivity contribution in [1.82, 2.24) is 9.97 Å². The van der Waals surface area contributed by atoms with Gasteiger partial charge in [-0.1, -0.05) is 52.0 Å². The number of hydrogen-bond acceptors (Lipinski definition) is 4. The second kappa shape index (κ2) is 11.7. The second-order valence-corrected chi connectivity index (χ2v) is 8.57. The molecule has 0 radical (unpaired) electrons. The maximum Gasteiger partial charge on any atom is 0.137 e. The molecule has 4 heteroatoms. The third-order valence-corrected chi connectivity index (χ3v) is 6.29. The Morgan fingerprint density at radius 3 is 2.37 bits per heavy atom. The summed E-state index contributed by atoms with van der Waals surface area (Å²) in [5, 5.41) is 9.49. The highest BCUT2D eigenvalue weighted by atomic mass is 16.5. The van der Waals surface area contributed by atoms with Gasteiger partial charge >= 0.3 is 0 Å². The summed E-state index contributed by atoms with van der Waals surface area (Å²) >= 11 is 0. The van der Waals surface area contributed by atoms with Crippen LogP contribution in [-0.4, -0.2) is 16.6 Å². The van der Waals surface area contributed by atoms with Gasteiger partial charge in [0.1, 0.15) is 17.6 Å². The SMILES string of the molecule is CCCCC[C@H]1CC[C@H](c2ncc(-c3ccc(OCCCC)c(C#N)c3)cn2)CC1. The van der Waals surface area contributed by atoms with Crippen molar-refractivity contribution in [2.45, 2.75) is 84.0 Å². The van der Waals surface area contributed by atoms with E-state index in [4.69, 9.17) is 14.7 Å². The van der Waals surface area contributed by atoms with Crippen LogP contribution in [0.1, 0.15) is 95.4 Å². The van der Waals surface area contributed by atoms with Gasteiger partial charge in [-0.3, -0.25) is 0 Å². The Morgan fingerprint density at radius 1 is 0.967 bits per heavy atom. The summed E-state index contributed by atoms with van der Waals surface area (Å²) in [5.74, 6) is 3.02. The zero-order chi connectivity index (χ0) is 21.2. The van der Waals surface area contributed by atoms with Crippen molar-refractivity contribution in [3.8, 4) is 22.9 Å². The number of aromatic nitrogens is 2. The fraction of sp³-hybridized carbons (Fsp3) is 0.577. The number of benzene rings is 1. The van der Waals surface area contributed by atoms with Gasteiger partial charge in [-0.05, 0) is 55.7 Å². The molecule has 160 valence electrons. The van der Waals surface area contributed by atoms with Crippen molar-refractivity contribution in [3.63, 3.8) is 0 Å². The second-order valence-electron chi connectivity index (χ2n) is 8.57. The maximum absolute atomic E-state index is 9.49. The number of nitriles is 1. The summed E-state index contributed by atoms with van der Waals surface area (Å²) in [5.41, 5.74) is 2.47. The molecule has 1 saturated carbocycles. The molecule has 0 bridgehead atoms. The maximum atomic E-state index is 9.49. The first-order valence-corrected chi connectivity index (χ1v) is 11.7. The summed E-state index contributed by atoms with van der Waals surface area (Å²) in [6.45, 7) is 5.04. The molecule has 0 N–H and O–H groups in total. The van der Waals surface area contributed by atoms with E-state index >= 15 is 0 Å². The molecule has 0 aliphatic heterocycles. The molecule has 1 aliphatic rings. The fourth-order valence-electron chi connectivity index (χ4n) is 4.34. The summed E-state index contributed by atoms with van der Waals surface area (Å²) in [7, 11) is 0. The van der Waals surface area contributed by atoms with E-state index in [1.807, 2.05) is 30.6 Å². The van der Waals surface area contributed by atoms with Gasteiger partial charge in [-0.25, -0.2) is 9.97 Å². The fourth-order valence-corrected chi connectivity index (χ4v) is 4.34. The molecular weight excluding hydrogens is 370 g/mol. The van der Waals surface area contributed by atoms with E-state index in [0.717, 1.165) is 35.7 Å². The normalized spacial score (nSPS) is 18.7. The van der Waals surface area contributed by atoms with Crippen LogP contribution in [0.3, 0.4) is 0 Å². The first kappa shape index (κ1) is 22.3. The lowest BCUT2D eigenvalue weighted by Gasteiger charge is -2.27. The molecule has 30 heavy (non-hydrogen) atoms. The Kier molecular flexibility index (Phi) is 8.68. The van der Waals surface area contributed by atoms with Crippen LogP contribution in [0.15, 0.2) is 30.6 Å². The summed E-state index contributed by atoms with van der Waals surface area (Å²) < 4.78 is 5.74. The van der Waals surface area contributed by atoms with E-state index in [2.05, 4.69) is 19.9 Å². The molecule has 0 saturated heterocycles. The van der Waals surface area contributed by atoms with Crippen LogP contribution in [0.4, 0.5) is 0 Å². The highest BCUT2D eigenvalue weighted by Crippen LogP contribution is 2.36. The van der Waals surface area contributed by atoms with E-state index in [-0.39, 0.29) is 0 Å². The molecule has 2 aromatic rings. The highest BCUT2D eigenvalue weighted by molar-refractivity contribution is 5.65. The molecule has 4 nitrogen and oxygen atoms in total. The molecule has 1 heterocycles. The average Bonchev–Trinajstić information content (AvgIpc) is 2.80. The Hall–Kier alpha value is -2.41. The Labute approximate surface area is 181 Å². The number of rotatable bonds is 10. The molecule has 0 spiro atoms. The lowest BCUT2D eigenvalue weighted by molar-refractivity contribution is 0.297. The molecular formula is C26H35N3O. The zero-order valence-electron chi connectivity index (χ0n) is 18.6. The molecule has 0 atom stereocenters. The van der Waals surface area contributed by atoms with Crippen molar-refractivity contribution in [3.05, 3.63) is 42.0 Å². The number of ether oxygens (including phenoxy) is 1. The molecule has 1 aliphatic carbocycles. The van der Waals surface area contributed by atoms with Crippen LogP contribution in [-0.2, 0) is 0 Å². The Bertz CT molecular complexity index is 817. The molecule has 1 fully saturated rings. The highest BCUT2D eigenvalue weighted by Gasteiger charge is 2.23. The van der Waals surface area contributed by atoms with Gasteiger partial charge < -0.3 is 4.74 Å². The number of nitrogens with zero attached hydrogens (tertiary/aromatic N) is 3. The minimum absolute atomic E-state index is 0.491. The summed E-state index contributed by atoms with van der Waals surface area (Å²) in [4.78, 5) is 9.39. The van der Waals surface area contributed by atoms with Gasteiger partial charge in [0, 0.05) is 23.9 Å². The predicted molar refractivity (Wildman–Crippen MR) is 121 cm³/mol. The smallest absolute Gasteiger partial charge is 0.137 e. The van der Waals surface area contributed by atoms with Gasteiger partial charge in [0.05, 0.1) is 12.2 Å². The van der Waals surface area contributed by atoms with Crippen molar-refractivity contribution in [1.29, 1.82) is 5.26 Å². The van der Waals surface area contributed by atoms with Gasteiger partial charge in [-0.2, -0.15) is 5.26 Å². The topological polar surface area (TPSA) is 58.8 Å². The largest absolute Gasteiger partial charge is 0.492 e. The van der Waals surface area contributed by atoms with Crippen LogP contribution in [0, 0.1) is 17.2 Å². The first-order valence-electron chi connectivity index (χ1n) is 11.7. The lowest BCUT2D eigenvalue weighted by atomic mass is 9.79. The van der Waals surface area contributed by atoms with E-state index in [1.165, 1.54) is 51.4 Å². The summed E-state index contributed by atoms with van der Waals surface area (Å²) in [6.07, 6.45) is 16.3. The van der Waals surface area contributed by atoms with E-state index in [0.29, 0.717) is 23.8 Å². The first-order chi connectivity index (χ1) is 14.7. The van der Waals surface area contributed by atoms with E-state index in [9.17, 15) is 5.26 Å². The van der Waals surface area contributed by atoms with Gasteiger partial charge in [0.2, 0.25) is 0 Å². The van der Waals surface area contributed by atoms with Crippen LogP contribution >= 0.6 is 0 Å². The molecule has 0 unspecified atom stereocenters. The lowest BCUT2D eigenvalue weighted by Crippen LogP contribution is -2.15. The molecule has 1 aromatic carbocycles. The Balaban J connectivity index is 1.60. The zero-order valence-corrected chi connectivity index (χ0v) is 18.6. The third-order valence-electron chi connectivity index (χ3n) is 6.29. The van der Waals surface area contributed by atoms with Crippen molar-refractivity contribution < 1.29 is 4.74 Å². The van der Waals surface area contributed by atoms with E-state index in [1.54, 1.807) is 0 Å². The van der Waals surface area contributed by atoms with E-state index < -0.39 is 0 Å². The minimum Gasteiger partial charge on any atom is -0.492 e. The van der Waals surface area contributed by atoms with Crippen LogP contribution in [0.2, 0.25) is 0 Å².